The third kappa shape index (κ3) is 3.58. The molecule has 6 aromatic rings. The van der Waals surface area contributed by atoms with E-state index in [1.165, 1.54) is 60.5 Å². The minimum absolute atomic E-state index is 0.000679. The number of anilines is 2. The average Bonchev–Trinajstić information content (AvgIpc) is 3.24. The lowest BCUT2D eigenvalue weighted by atomic mass is 9.82. The van der Waals surface area contributed by atoms with E-state index in [0.29, 0.717) is 0 Å². The van der Waals surface area contributed by atoms with Crippen LogP contribution < -0.4 is 16.3 Å². The van der Waals surface area contributed by atoms with Crippen LogP contribution in [0, 0.1) is 0 Å². The molecule has 1 unspecified atom stereocenters. The van der Waals surface area contributed by atoms with Crippen molar-refractivity contribution in [2.45, 2.75) is 25.4 Å². The number of nitrogens with one attached hydrogen (secondary N) is 3. The third-order valence-corrected chi connectivity index (χ3v) is 9.09. The van der Waals surface area contributed by atoms with Crippen molar-refractivity contribution in [3.8, 4) is 22.3 Å². The van der Waals surface area contributed by atoms with Gasteiger partial charge in [-0.2, -0.15) is 5.53 Å². The number of hydrogen-bond donors (Lipinski definition) is 3. The van der Waals surface area contributed by atoms with Crippen molar-refractivity contribution < 1.29 is 0 Å². The molecule has 1 atom stereocenters. The fraction of sp³-hybridized carbons (Fsp3) is 0.135. The van der Waals surface area contributed by atoms with Crippen molar-refractivity contribution in [2.24, 2.45) is 0 Å². The Hall–Kier alpha value is -4.48. The maximum atomic E-state index is 3.92. The van der Waals surface area contributed by atoms with Gasteiger partial charge in [-0.3, -0.25) is 0 Å². The van der Waals surface area contributed by atoms with Gasteiger partial charge in [0, 0.05) is 40.0 Å². The van der Waals surface area contributed by atoms with Crippen molar-refractivity contribution >= 4 is 32.9 Å². The zero-order chi connectivity index (χ0) is 27.7. The molecular formula is C37H32N4. The fourth-order valence-corrected chi connectivity index (χ4v) is 6.98. The summed E-state index contributed by atoms with van der Waals surface area (Å²) in [7, 11) is 2.07. The van der Waals surface area contributed by atoms with Crippen LogP contribution in [0.15, 0.2) is 115 Å². The van der Waals surface area contributed by atoms with E-state index in [2.05, 4.69) is 157 Å². The highest BCUT2D eigenvalue weighted by Crippen LogP contribution is 2.50. The Morgan fingerprint density at radius 1 is 0.634 bits per heavy atom. The van der Waals surface area contributed by atoms with Gasteiger partial charge in [-0.05, 0) is 50.7 Å². The van der Waals surface area contributed by atoms with Crippen LogP contribution in [0.5, 0.6) is 0 Å². The van der Waals surface area contributed by atoms with Crippen LogP contribution in [0.2, 0.25) is 0 Å². The molecule has 2 aliphatic rings. The van der Waals surface area contributed by atoms with Crippen molar-refractivity contribution in [3.05, 3.63) is 132 Å². The molecule has 1 fully saturated rings. The number of hydrazine groups is 2. The monoisotopic (exact) mass is 532 g/mol. The van der Waals surface area contributed by atoms with Gasteiger partial charge in [0.1, 0.15) is 6.17 Å². The summed E-state index contributed by atoms with van der Waals surface area (Å²) >= 11 is 0. The first kappa shape index (κ1) is 24.3. The predicted molar refractivity (Wildman–Crippen MR) is 171 cm³/mol. The molecule has 4 heteroatoms. The number of benzene rings is 6. The molecule has 0 aromatic heterocycles. The summed E-state index contributed by atoms with van der Waals surface area (Å²) in [6.45, 7) is 4.67. The number of nitrogens with zero attached hydrogens (tertiary/aromatic N) is 1. The van der Waals surface area contributed by atoms with E-state index in [0.717, 1.165) is 11.4 Å². The number of rotatable bonds is 4. The van der Waals surface area contributed by atoms with Crippen molar-refractivity contribution in [1.82, 2.24) is 16.0 Å². The Morgan fingerprint density at radius 3 is 1.88 bits per heavy atom. The first-order valence-electron chi connectivity index (χ1n) is 14.3. The first-order chi connectivity index (χ1) is 20.0. The molecular weight excluding hydrogens is 500 g/mol. The molecule has 8 rings (SSSR count). The zero-order valence-electron chi connectivity index (χ0n) is 23.5. The van der Waals surface area contributed by atoms with Crippen LogP contribution in [-0.2, 0) is 5.41 Å². The molecule has 6 aromatic carbocycles. The Kier molecular flexibility index (Phi) is 5.35. The Morgan fingerprint density at radius 2 is 1.22 bits per heavy atom. The van der Waals surface area contributed by atoms with Crippen LogP contribution in [-0.4, -0.2) is 12.1 Å². The largest absolute Gasteiger partial charge is 0.354 e. The van der Waals surface area contributed by atoms with Crippen LogP contribution in [0.25, 0.3) is 43.8 Å². The van der Waals surface area contributed by atoms with Crippen LogP contribution in [0.3, 0.4) is 0 Å². The maximum absolute atomic E-state index is 3.92. The second kappa shape index (κ2) is 9.02. The topological polar surface area (TPSA) is 39.3 Å². The van der Waals surface area contributed by atoms with Gasteiger partial charge < -0.3 is 5.32 Å². The van der Waals surface area contributed by atoms with E-state index in [4.69, 9.17) is 0 Å². The van der Waals surface area contributed by atoms with Crippen LogP contribution in [0.4, 0.5) is 11.4 Å². The van der Waals surface area contributed by atoms with Crippen molar-refractivity contribution in [1.29, 1.82) is 0 Å². The molecule has 41 heavy (non-hydrogen) atoms. The second-order valence-corrected chi connectivity index (χ2v) is 11.8. The van der Waals surface area contributed by atoms with E-state index in [1.54, 1.807) is 0 Å². The summed E-state index contributed by atoms with van der Waals surface area (Å²) in [5.41, 5.74) is 18.0. The molecule has 0 amide bonds. The number of fused-ring (bicyclic) bond motifs is 5. The zero-order valence-corrected chi connectivity index (χ0v) is 23.5. The molecule has 200 valence electrons. The molecule has 4 nitrogen and oxygen atoms in total. The Bertz CT molecular complexity index is 1930. The van der Waals surface area contributed by atoms with Gasteiger partial charge >= 0.3 is 0 Å². The van der Waals surface area contributed by atoms with Gasteiger partial charge in [-0.1, -0.05) is 117 Å². The average molecular weight is 533 g/mol. The molecule has 0 radical (unpaired) electrons. The summed E-state index contributed by atoms with van der Waals surface area (Å²) in [5.74, 6) is 0. The molecule has 3 N–H and O–H groups in total. The summed E-state index contributed by atoms with van der Waals surface area (Å²) in [6, 6.07) is 42.0. The summed E-state index contributed by atoms with van der Waals surface area (Å²) in [6.07, 6.45) is 0.102. The van der Waals surface area contributed by atoms with Crippen molar-refractivity contribution in [3.63, 3.8) is 0 Å². The molecule has 1 saturated heterocycles. The minimum Gasteiger partial charge on any atom is -0.354 e. The van der Waals surface area contributed by atoms with Gasteiger partial charge in [0.2, 0.25) is 0 Å². The van der Waals surface area contributed by atoms with Gasteiger partial charge in [-0.25, -0.2) is 10.4 Å². The summed E-state index contributed by atoms with van der Waals surface area (Å²) < 4.78 is 0. The normalized spacial score (nSPS) is 17.3. The maximum Gasteiger partial charge on any atom is 0.115 e. The molecule has 1 heterocycles. The highest BCUT2D eigenvalue weighted by Gasteiger charge is 2.35. The van der Waals surface area contributed by atoms with E-state index in [-0.39, 0.29) is 11.6 Å². The van der Waals surface area contributed by atoms with Gasteiger partial charge in [0.15, 0.2) is 0 Å². The molecule has 1 aliphatic heterocycles. The Labute approximate surface area is 240 Å². The van der Waals surface area contributed by atoms with E-state index in [1.807, 2.05) is 0 Å². The van der Waals surface area contributed by atoms with Gasteiger partial charge in [0.25, 0.3) is 0 Å². The standard InChI is InChI=1S/C37H32N4/c1-37(2)31-18-10-8-13-25(31)30-22-23(20-21-32(30)37)24-12-9-11-19-33(24)38-35-28-16-6-4-14-26(28)34(36-39-40-41(36)3)27-15-5-7-17-29(27)35/h4-22,36,38-40H,1-3H3. The van der Waals surface area contributed by atoms with Crippen LogP contribution >= 0.6 is 0 Å². The smallest absolute Gasteiger partial charge is 0.115 e. The van der Waals surface area contributed by atoms with Gasteiger partial charge in [0.05, 0.1) is 5.69 Å². The molecule has 0 spiro atoms. The summed E-state index contributed by atoms with van der Waals surface area (Å²) in [5, 5.41) is 10.9. The predicted octanol–water partition coefficient (Wildman–Crippen LogP) is 8.66. The van der Waals surface area contributed by atoms with E-state index < -0.39 is 0 Å². The highest BCUT2D eigenvalue weighted by molar-refractivity contribution is 6.15. The quantitative estimate of drug-likeness (QED) is 0.199. The second-order valence-electron chi connectivity index (χ2n) is 11.8. The summed E-state index contributed by atoms with van der Waals surface area (Å²) in [4.78, 5) is 0. The van der Waals surface area contributed by atoms with Crippen molar-refractivity contribution in [2.75, 3.05) is 12.4 Å². The van der Waals surface area contributed by atoms with Gasteiger partial charge in [-0.15, -0.1) is 0 Å². The lowest BCUT2D eigenvalue weighted by molar-refractivity contribution is -0.0216. The third-order valence-electron chi connectivity index (χ3n) is 9.09. The molecule has 0 bridgehead atoms. The van der Waals surface area contributed by atoms with Crippen LogP contribution in [0.1, 0.15) is 36.7 Å². The number of hydrogen-bond acceptors (Lipinski definition) is 4. The minimum atomic E-state index is 0.000679. The van der Waals surface area contributed by atoms with E-state index in [9.17, 15) is 0 Å². The SMILES string of the molecule is CN1NNC1c1c2ccccc2c(Nc2ccccc2-c2ccc3c(c2)-c2ccccc2C3(C)C)c2ccccc12. The highest BCUT2D eigenvalue weighted by atomic mass is 15.8. The molecule has 0 saturated carbocycles. The Balaban J connectivity index is 1.30. The number of para-hydroxylation sites is 1. The molecule has 1 aliphatic carbocycles. The fourth-order valence-electron chi connectivity index (χ4n) is 6.98. The first-order valence-corrected chi connectivity index (χ1v) is 14.3. The lowest BCUT2D eigenvalue weighted by Crippen LogP contribution is -2.63. The lowest BCUT2D eigenvalue weighted by Gasteiger charge is -2.41. The van der Waals surface area contributed by atoms with E-state index >= 15 is 0 Å².